The molecular formula is C27H38FN5O3. The molecule has 1 aromatic carbocycles. The summed E-state index contributed by atoms with van der Waals surface area (Å²) in [6.45, 7) is 10.2. The van der Waals surface area contributed by atoms with E-state index in [0.29, 0.717) is 43.7 Å². The molecule has 2 aliphatic heterocycles. The lowest BCUT2D eigenvalue weighted by Crippen LogP contribution is -2.42. The van der Waals surface area contributed by atoms with E-state index in [-0.39, 0.29) is 23.7 Å². The molecule has 4 rings (SSSR count). The molecule has 0 atom stereocenters. The van der Waals surface area contributed by atoms with Crippen LogP contribution in [-0.4, -0.2) is 76.5 Å². The van der Waals surface area contributed by atoms with Crippen LogP contribution in [0, 0.1) is 5.82 Å². The van der Waals surface area contributed by atoms with Gasteiger partial charge in [0.25, 0.3) is 5.91 Å². The number of hydrogen-bond donors (Lipinski definition) is 1. The van der Waals surface area contributed by atoms with Crippen molar-refractivity contribution in [1.82, 2.24) is 24.9 Å². The summed E-state index contributed by atoms with van der Waals surface area (Å²) in [7, 11) is 0. The maximum Gasteiger partial charge on any atom is 0.410 e. The second-order valence-corrected chi connectivity index (χ2v) is 10.7. The number of benzene rings is 1. The van der Waals surface area contributed by atoms with E-state index in [9.17, 15) is 14.0 Å². The molecular weight excluding hydrogens is 461 g/mol. The number of carbonyl (C=O) groups excluding carboxylic acids is 2. The van der Waals surface area contributed by atoms with E-state index in [1.807, 2.05) is 20.8 Å². The Hall–Kier alpha value is -2.94. The Morgan fingerprint density at radius 1 is 1.06 bits per heavy atom. The molecule has 0 unspecified atom stereocenters. The van der Waals surface area contributed by atoms with Crippen LogP contribution in [0.4, 0.5) is 9.18 Å². The molecule has 2 amide bonds. The number of ether oxygens (including phenoxy) is 1. The molecule has 3 heterocycles. The smallest absolute Gasteiger partial charge is 0.410 e. The molecule has 196 valence electrons. The number of likely N-dealkylation sites (tertiary alicyclic amines) is 2. The fourth-order valence-corrected chi connectivity index (χ4v) is 4.98. The Kier molecular flexibility index (Phi) is 8.28. The van der Waals surface area contributed by atoms with Gasteiger partial charge in [-0.05, 0) is 83.8 Å². The van der Waals surface area contributed by atoms with Crippen molar-refractivity contribution in [3.05, 3.63) is 47.5 Å². The minimum absolute atomic E-state index is 0.0269. The Morgan fingerprint density at radius 2 is 1.72 bits per heavy atom. The minimum Gasteiger partial charge on any atom is -0.444 e. The van der Waals surface area contributed by atoms with Crippen LogP contribution in [0.2, 0.25) is 0 Å². The number of aromatic nitrogens is 2. The van der Waals surface area contributed by atoms with Gasteiger partial charge >= 0.3 is 6.09 Å². The first kappa shape index (κ1) is 26.1. The summed E-state index contributed by atoms with van der Waals surface area (Å²) >= 11 is 0. The Labute approximate surface area is 212 Å². The highest BCUT2D eigenvalue weighted by Gasteiger charge is 2.32. The average Bonchev–Trinajstić information content (AvgIpc) is 3.29. The first-order valence-corrected chi connectivity index (χ1v) is 13.0. The summed E-state index contributed by atoms with van der Waals surface area (Å²) in [5, 5.41) is 7.60. The molecule has 9 heteroatoms. The zero-order chi connectivity index (χ0) is 25.7. The van der Waals surface area contributed by atoms with Crippen molar-refractivity contribution in [3.63, 3.8) is 0 Å². The maximum atomic E-state index is 13.6. The molecule has 36 heavy (non-hydrogen) atoms. The number of carbonyl (C=O) groups is 2. The second kappa shape index (κ2) is 11.4. The Morgan fingerprint density at radius 3 is 2.36 bits per heavy atom. The highest BCUT2D eigenvalue weighted by atomic mass is 19.1. The van der Waals surface area contributed by atoms with Gasteiger partial charge in [-0.3, -0.25) is 4.79 Å². The van der Waals surface area contributed by atoms with Crippen molar-refractivity contribution < 1.29 is 18.7 Å². The average molecular weight is 500 g/mol. The quantitative estimate of drug-likeness (QED) is 0.640. The third-order valence-corrected chi connectivity index (χ3v) is 6.82. The van der Waals surface area contributed by atoms with Crippen LogP contribution < -0.4 is 5.32 Å². The van der Waals surface area contributed by atoms with Crippen molar-refractivity contribution in [2.45, 2.75) is 64.4 Å². The molecule has 2 aliphatic rings. The van der Waals surface area contributed by atoms with Crippen LogP contribution in [0.5, 0.6) is 0 Å². The number of rotatable bonds is 6. The normalized spacial score (nSPS) is 17.7. The van der Waals surface area contributed by atoms with Crippen LogP contribution >= 0.6 is 0 Å². The monoisotopic (exact) mass is 499 g/mol. The van der Waals surface area contributed by atoms with Crippen molar-refractivity contribution >= 4 is 12.0 Å². The second-order valence-electron chi connectivity index (χ2n) is 10.7. The largest absolute Gasteiger partial charge is 0.444 e. The van der Waals surface area contributed by atoms with Gasteiger partial charge in [0.15, 0.2) is 0 Å². The summed E-state index contributed by atoms with van der Waals surface area (Å²) in [5.74, 6) is -0.446. The molecule has 2 fully saturated rings. The topological polar surface area (TPSA) is 79.7 Å². The van der Waals surface area contributed by atoms with Gasteiger partial charge in [-0.2, -0.15) is 5.10 Å². The molecule has 2 saturated heterocycles. The third kappa shape index (κ3) is 6.63. The number of nitrogens with one attached hydrogen (secondary N) is 1. The molecule has 8 nitrogen and oxygen atoms in total. The van der Waals surface area contributed by atoms with Gasteiger partial charge in [0.2, 0.25) is 0 Å². The van der Waals surface area contributed by atoms with E-state index in [1.165, 1.54) is 31.4 Å². The van der Waals surface area contributed by atoms with Crippen LogP contribution in [0.15, 0.2) is 30.5 Å². The van der Waals surface area contributed by atoms with Gasteiger partial charge in [0, 0.05) is 32.1 Å². The van der Waals surface area contributed by atoms with Gasteiger partial charge in [-0.25, -0.2) is 13.9 Å². The van der Waals surface area contributed by atoms with Gasteiger partial charge < -0.3 is 19.9 Å². The fourth-order valence-electron chi connectivity index (χ4n) is 4.98. The Balaban J connectivity index is 1.49. The van der Waals surface area contributed by atoms with Crippen molar-refractivity contribution in [3.8, 4) is 5.69 Å². The summed E-state index contributed by atoms with van der Waals surface area (Å²) in [5.41, 5.74) is 1.50. The number of hydrogen-bond acceptors (Lipinski definition) is 5. The molecule has 0 spiro atoms. The summed E-state index contributed by atoms with van der Waals surface area (Å²) in [6.07, 6.45) is 6.36. The van der Waals surface area contributed by atoms with E-state index in [4.69, 9.17) is 4.74 Å². The first-order chi connectivity index (χ1) is 17.2. The van der Waals surface area contributed by atoms with Crippen LogP contribution in [-0.2, 0) is 4.74 Å². The molecule has 0 radical (unpaired) electrons. The zero-order valence-corrected chi connectivity index (χ0v) is 21.6. The molecule has 1 N–H and O–H groups in total. The highest BCUT2D eigenvalue weighted by Crippen LogP contribution is 2.32. The van der Waals surface area contributed by atoms with Gasteiger partial charge in [0.05, 0.1) is 23.1 Å². The number of piperidine rings is 2. The lowest BCUT2D eigenvalue weighted by Gasteiger charge is -2.34. The number of halogens is 1. The van der Waals surface area contributed by atoms with E-state index in [1.54, 1.807) is 27.9 Å². The molecule has 0 bridgehead atoms. The maximum absolute atomic E-state index is 13.6. The predicted molar refractivity (Wildman–Crippen MR) is 136 cm³/mol. The molecule has 0 saturated carbocycles. The third-order valence-electron chi connectivity index (χ3n) is 6.82. The van der Waals surface area contributed by atoms with E-state index in [2.05, 4.69) is 15.3 Å². The van der Waals surface area contributed by atoms with Gasteiger partial charge in [-0.1, -0.05) is 6.42 Å². The lowest BCUT2D eigenvalue weighted by atomic mass is 9.91. The standard InChI is InChI=1S/C27H38FN5O3/c1-27(2,3)36-26(35)32-16-11-20(12-17-32)24-23(19-30-33(24)22-9-7-21(28)8-10-22)25(34)29-13-18-31-14-5-4-6-15-31/h7-10,19-20H,4-6,11-18H2,1-3H3,(H,29,34). The van der Waals surface area contributed by atoms with Crippen LogP contribution in [0.1, 0.15) is 74.8 Å². The molecule has 2 aromatic rings. The zero-order valence-electron chi connectivity index (χ0n) is 21.6. The highest BCUT2D eigenvalue weighted by molar-refractivity contribution is 5.95. The van der Waals surface area contributed by atoms with E-state index < -0.39 is 5.60 Å². The van der Waals surface area contributed by atoms with E-state index >= 15 is 0 Å². The molecule has 1 aromatic heterocycles. The van der Waals surface area contributed by atoms with Crippen molar-refractivity contribution in [2.24, 2.45) is 0 Å². The first-order valence-electron chi connectivity index (χ1n) is 13.0. The number of nitrogens with zero attached hydrogens (tertiary/aromatic N) is 4. The van der Waals surface area contributed by atoms with Crippen LogP contribution in [0.25, 0.3) is 5.69 Å². The van der Waals surface area contributed by atoms with Crippen LogP contribution in [0.3, 0.4) is 0 Å². The van der Waals surface area contributed by atoms with Crippen molar-refractivity contribution in [2.75, 3.05) is 39.3 Å². The molecule has 0 aliphatic carbocycles. The van der Waals surface area contributed by atoms with Gasteiger partial charge in [-0.15, -0.1) is 0 Å². The SMILES string of the molecule is CC(C)(C)OC(=O)N1CCC(c2c(C(=O)NCCN3CCCCC3)cnn2-c2ccc(F)cc2)CC1. The summed E-state index contributed by atoms with van der Waals surface area (Å²) < 4.78 is 20.8. The fraction of sp³-hybridized carbons (Fsp3) is 0.593. The van der Waals surface area contributed by atoms with Crippen molar-refractivity contribution in [1.29, 1.82) is 0 Å². The predicted octanol–water partition coefficient (Wildman–Crippen LogP) is 4.34. The minimum atomic E-state index is -0.547. The number of amides is 2. The Bertz CT molecular complexity index is 1030. The lowest BCUT2D eigenvalue weighted by molar-refractivity contribution is 0.0203. The summed E-state index contributed by atoms with van der Waals surface area (Å²) in [6, 6.07) is 6.12. The summed E-state index contributed by atoms with van der Waals surface area (Å²) in [4.78, 5) is 29.9. The van der Waals surface area contributed by atoms with E-state index in [0.717, 1.165) is 25.3 Å². The van der Waals surface area contributed by atoms with Gasteiger partial charge in [0.1, 0.15) is 11.4 Å².